The molecule has 31 heavy (non-hydrogen) atoms. The Labute approximate surface area is 182 Å². The number of aryl methyl sites for hydroxylation is 2. The van der Waals surface area contributed by atoms with Gasteiger partial charge in [0, 0.05) is 16.5 Å². The van der Waals surface area contributed by atoms with Gasteiger partial charge in [-0.2, -0.15) is 0 Å². The Morgan fingerprint density at radius 1 is 1.06 bits per heavy atom. The second kappa shape index (κ2) is 8.19. The van der Waals surface area contributed by atoms with Crippen molar-refractivity contribution in [2.75, 3.05) is 13.1 Å². The zero-order chi connectivity index (χ0) is 21.5. The predicted molar refractivity (Wildman–Crippen MR) is 121 cm³/mol. The van der Waals surface area contributed by atoms with Crippen molar-refractivity contribution in [1.29, 1.82) is 0 Å². The van der Waals surface area contributed by atoms with Crippen molar-refractivity contribution in [3.63, 3.8) is 0 Å². The standard InChI is InChI=1S/C24H32N6O/c1-15-8-10-29(11-9-15)22(23-26-27-28-30(23)18-6-4-5-7-18)20-14-19-17(3)12-16(2)13-21(19)25-24(20)31/h12-15,18,22H,4-11H2,1-3H3,(H,25,31)/t22-/m1/s1. The van der Waals surface area contributed by atoms with Crippen LogP contribution in [-0.2, 0) is 0 Å². The molecule has 0 bridgehead atoms. The number of pyridine rings is 1. The Bertz CT molecular complexity index is 1130. The van der Waals surface area contributed by atoms with Gasteiger partial charge in [0.05, 0.1) is 6.04 Å². The molecule has 0 radical (unpaired) electrons. The quantitative estimate of drug-likeness (QED) is 0.688. The molecule has 3 aromatic rings. The van der Waals surface area contributed by atoms with Gasteiger partial charge in [0.25, 0.3) is 5.56 Å². The maximum Gasteiger partial charge on any atom is 0.253 e. The maximum absolute atomic E-state index is 13.4. The van der Waals surface area contributed by atoms with Crippen LogP contribution in [0.25, 0.3) is 10.9 Å². The second-order valence-corrected chi connectivity index (χ2v) is 9.64. The molecular formula is C24H32N6O. The number of likely N-dealkylation sites (tertiary alicyclic amines) is 1. The molecule has 1 saturated carbocycles. The lowest BCUT2D eigenvalue weighted by Crippen LogP contribution is -2.40. The number of aromatic amines is 1. The van der Waals surface area contributed by atoms with Crippen LogP contribution in [0.4, 0.5) is 0 Å². The number of benzene rings is 1. The van der Waals surface area contributed by atoms with Crippen LogP contribution in [0.2, 0.25) is 0 Å². The molecule has 0 amide bonds. The van der Waals surface area contributed by atoms with Crippen molar-refractivity contribution in [1.82, 2.24) is 30.1 Å². The molecule has 0 spiro atoms. The Hall–Kier alpha value is -2.54. The van der Waals surface area contributed by atoms with Crippen LogP contribution in [0.15, 0.2) is 23.0 Å². The normalized spacial score (nSPS) is 20.0. The monoisotopic (exact) mass is 420 g/mol. The first kappa shape index (κ1) is 20.4. The summed E-state index contributed by atoms with van der Waals surface area (Å²) in [6, 6.07) is 6.41. The molecule has 7 nitrogen and oxygen atoms in total. The highest BCUT2D eigenvalue weighted by molar-refractivity contribution is 5.83. The molecule has 1 aliphatic carbocycles. The van der Waals surface area contributed by atoms with Crippen LogP contribution in [-0.4, -0.2) is 43.2 Å². The van der Waals surface area contributed by atoms with E-state index in [-0.39, 0.29) is 11.6 Å². The third-order valence-electron chi connectivity index (χ3n) is 7.25. The van der Waals surface area contributed by atoms with Crippen LogP contribution < -0.4 is 5.56 Å². The molecular weight excluding hydrogens is 388 g/mol. The number of nitrogens with one attached hydrogen (secondary N) is 1. The number of H-pyrrole nitrogens is 1. The lowest BCUT2D eigenvalue weighted by atomic mass is 9.94. The van der Waals surface area contributed by atoms with Gasteiger partial charge in [0.15, 0.2) is 5.82 Å². The predicted octanol–water partition coefficient (Wildman–Crippen LogP) is 4.07. The van der Waals surface area contributed by atoms with E-state index in [1.165, 1.54) is 18.4 Å². The average molecular weight is 421 g/mol. The summed E-state index contributed by atoms with van der Waals surface area (Å²) < 4.78 is 2.02. The highest BCUT2D eigenvalue weighted by Crippen LogP contribution is 2.35. The zero-order valence-corrected chi connectivity index (χ0v) is 18.8. The Kier molecular flexibility index (Phi) is 5.38. The fraction of sp³-hybridized carbons (Fsp3) is 0.583. The molecule has 1 atom stereocenters. The molecule has 164 valence electrons. The van der Waals surface area contributed by atoms with E-state index in [0.29, 0.717) is 12.0 Å². The third kappa shape index (κ3) is 3.80. The van der Waals surface area contributed by atoms with Crippen molar-refractivity contribution in [2.45, 2.75) is 71.4 Å². The largest absolute Gasteiger partial charge is 0.322 e. The van der Waals surface area contributed by atoms with Crippen LogP contribution >= 0.6 is 0 Å². The third-order valence-corrected chi connectivity index (χ3v) is 7.25. The SMILES string of the molecule is Cc1cc(C)c2cc([C@H](c3nnnn3C3CCCC3)N3CCC(C)CC3)c(=O)[nH]c2c1. The first-order valence-electron chi connectivity index (χ1n) is 11.7. The highest BCUT2D eigenvalue weighted by atomic mass is 16.1. The number of nitrogens with zero attached hydrogens (tertiary/aromatic N) is 5. The fourth-order valence-corrected chi connectivity index (χ4v) is 5.47. The molecule has 3 heterocycles. The molecule has 7 heteroatoms. The van der Waals surface area contributed by atoms with Crippen molar-refractivity contribution >= 4 is 10.9 Å². The van der Waals surface area contributed by atoms with Gasteiger partial charge in [0.2, 0.25) is 0 Å². The van der Waals surface area contributed by atoms with Crippen molar-refractivity contribution in [3.05, 3.63) is 51.1 Å². The highest BCUT2D eigenvalue weighted by Gasteiger charge is 2.34. The van der Waals surface area contributed by atoms with Gasteiger partial charge >= 0.3 is 0 Å². The summed E-state index contributed by atoms with van der Waals surface area (Å²) in [5.41, 5.74) is 3.94. The minimum Gasteiger partial charge on any atom is -0.322 e. The van der Waals surface area contributed by atoms with E-state index in [9.17, 15) is 4.79 Å². The summed E-state index contributed by atoms with van der Waals surface area (Å²) in [5, 5.41) is 14.1. The molecule has 5 rings (SSSR count). The van der Waals surface area contributed by atoms with Gasteiger partial charge in [-0.25, -0.2) is 4.68 Å². The minimum absolute atomic E-state index is 0.0397. The molecule has 2 aliphatic rings. The van der Waals surface area contributed by atoms with Gasteiger partial charge < -0.3 is 4.98 Å². The van der Waals surface area contributed by atoms with Gasteiger partial charge in [-0.1, -0.05) is 25.8 Å². The van der Waals surface area contributed by atoms with E-state index < -0.39 is 0 Å². The Morgan fingerprint density at radius 2 is 1.81 bits per heavy atom. The van der Waals surface area contributed by atoms with Crippen LogP contribution in [0.5, 0.6) is 0 Å². The lowest BCUT2D eigenvalue weighted by molar-refractivity contribution is 0.147. The van der Waals surface area contributed by atoms with Gasteiger partial charge in [-0.05, 0) is 92.2 Å². The summed E-state index contributed by atoms with van der Waals surface area (Å²) in [6.07, 6.45) is 6.90. The average Bonchev–Trinajstić information content (AvgIpc) is 3.42. The smallest absolute Gasteiger partial charge is 0.253 e. The van der Waals surface area contributed by atoms with E-state index in [0.717, 1.165) is 66.6 Å². The topological polar surface area (TPSA) is 79.7 Å². The second-order valence-electron chi connectivity index (χ2n) is 9.64. The van der Waals surface area contributed by atoms with E-state index in [1.807, 2.05) is 10.7 Å². The number of hydrogen-bond donors (Lipinski definition) is 1. The molecule has 2 fully saturated rings. The number of piperidine rings is 1. The van der Waals surface area contributed by atoms with Crippen LogP contribution in [0, 0.1) is 19.8 Å². The van der Waals surface area contributed by atoms with E-state index in [4.69, 9.17) is 0 Å². The summed E-state index contributed by atoms with van der Waals surface area (Å²) in [5.74, 6) is 1.53. The summed E-state index contributed by atoms with van der Waals surface area (Å²) in [4.78, 5) is 18.9. The van der Waals surface area contributed by atoms with E-state index in [2.05, 4.69) is 58.3 Å². The molecule has 1 aliphatic heterocycles. The summed E-state index contributed by atoms with van der Waals surface area (Å²) in [7, 11) is 0. The van der Waals surface area contributed by atoms with Crippen LogP contribution in [0.3, 0.4) is 0 Å². The number of rotatable bonds is 4. The van der Waals surface area contributed by atoms with Gasteiger partial charge in [-0.3, -0.25) is 9.69 Å². The van der Waals surface area contributed by atoms with Crippen molar-refractivity contribution in [3.8, 4) is 0 Å². The summed E-state index contributed by atoms with van der Waals surface area (Å²) >= 11 is 0. The van der Waals surface area contributed by atoms with Crippen molar-refractivity contribution < 1.29 is 0 Å². The Morgan fingerprint density at radius 3 is 2.55 bits per heavy atom. The molecule has 1 aromatic carbocycles. The minimum atomic E-state index is -0.225. The first-order chi connectivity index (χ1) is 15.0. The molecule has 1 saturated heterocycles. The zero-order valence-electron chi connectivity index (χ0n) is 18.8. The number of tetrazole rings is 1. The molecule has 2 aromatic heterocycles. The van der Waals surface area contributed by atoms with E-state index in [1.54, 1.807) is 0 Å². The van der Waals surface area contributed by atoms with Crippen molar-refractivity contribution in [2.24, 2.45) is 5.92 Å². The molecule has 1 N–H and O–H groups in total. The Balaban J connectivity index is 1.66. The number of aromatic nitrogens is 5. The summed E-state index contributed by atoms with van der Waals surface area (Å²) in [6.45, 7) is 8.38. The first-order valence-corrected chi connectivity index (χ1v) is 11.7. The lowest BCUT2D eigenvalue weighted by Gasteiger charge is -2.36. The maximum atomic E-state index is 13.4. The molecule has 0 unspecified atom stereocenters. The number of hydrogen-bond acceptors (Lipinski definition) is 5. The fourth-order valence-electron chi connectivity index (χ4n) is 5.47. The number of fused-ring (bicyclic) bond motifs is 1. The van der Waals surface area contributed by atoms with Crippen LogP contribution in [0.1, 0.15) is 80.0 Å². The van der Waals surface area contributed by atoms with Gasteiger partial charge in [-0.15, -0.1) is 5.10 Å². The van der Waals surface area contributed by atoms with E-state index >= 15 is 0 Å². The van der Waals surface area contributed by atoms with Gasteiger partial charge in [0.1, 0.15) is 6.04 Å².